The molecule has 0 aliphatic rings. The zero-order valence-electron chi connectivity index (χ0n) is 9.70. The Labute approximate surface area is 90.7 Å². The molecule has 15 heavy (non-hydrogen) atoms. The quantitative estimate of drug-likeness (QED) is 0.830. The van der Waals surface area contributed by atoms with Crippen LogP contribution >= 0.6 is 0 Å². The molecule has 0 atom stereocenters. The van der Waals surface area contributed by atoms with Crippen LogP contribution in [0.2, 0.25) is 0 Å². The van der Waals surface area contributed by atoms with Gasteiger partial charge < -0.3 is 10.1 Å². The number of carbonyl (C=O) groups is 1. The summed E-state index contributed by atoms with van der Waals surface area (Å²) in [5, 5.41) is 2.61. The van der Waals surface area contributed by atoms with Crippen molar-refractivity contribution >= 4 is 11.7 Å². The summed E-state index contributed by atoms with van der Waals surface area (Å²) in [6, 6.07) is 3.67. The van der Waals surface area contributed by atoms with Gasteiger partial charge in [0.15, 0.2) is 0 Å². The Kier molecular flexibility index (Phi) is 7.18. The van der Waals surface area contributed by atoms with Crippen LogP contribution < -0.4 is 5.32 Å². The maximum absolute atomic E-state index is 11.0. The molecule has 0 fully saturated rings. The fourth-order valence-electron chi connectivity index (χ4n) is 0.915. The van der Waals surface area contributed by atoms with E-state index in [0.29, 0.717) is 5.82 Å². The number of aromatic nitrogens is 1. The first-order valence-electron chi connectivity index (χ1n) is 4.94. The Balaban J connectivity index is 0.000000921. The third-order valence-corrected chi connectivity index (χ3v) is 1.46. The van der Waals surface area contributed by atoms with Crippen LogP contribution in [0.5, 0.6) is 0 Å². The molecule has 4 heteroatoms. The van der Waals surface area contributed by atoms with Gasteiger partial charge in [-0.15, -0.1) is 0 Å². The number of hydrogen-bond donors (Lipinski definition) is 1. The van der Waals surface area contributed by atoms with Crippen molar-refractivity contribution < 1.29 is 9.53 Å². The first-order valence-corrected chi connectivity index (χ1v) is 4.94. The number of hydrogen-bond acceptors (Lipinski definition) is 3. The van der Waals surface area contributed by atoms with Crippen molar-refractivity contribution in [2.24, 2.45) is 0 Å². The normalized spacial score (nSPS) is 8.80. The minimum absolute atomic E-state index is 0.0512. The van der Waals surface area contributed by atoms with Crippen LogP contribution in [0.1, 0.15) is 19.4 Å². The van der Waals surface area contributed by atoms with E-state index in [0.717, 1.165) is 5.56 Å². The van der Waals surface area contributed by atoms with E-state index in [1.807, 2.05) is 26.8 Å². The maximum atomic E-state index is 11.0. The molecule has 0 spiro atoms. The number of anilines is 1. The first-order chi connectivity index (χ1) is 7.22. The Hall–Kier alpha value is -1.42. The zero-order chi connectivity index (χ0) is 11.7. The summed E-state index contributed by atoms with van der Waals surface area (Å²) in [5.41, 5.74) is 1.06. The topological polar surface area (TPSA) is 51.2 Å². The third-order valence-electron chi connectivity index (χ3n) is 1.46. The second-order valence-electron chi connectivity index (χ2n) is 2.70. The molecular formula is C11H18N2O2. The molecule has 1 amide bonds. The van der Waals surface area contributed by atoms with Gasteiger partial charge in [-0.1, -0.05) is 13.8 Å². The van der Waals surface area contributed by atoms with Crippen LogP contribution in [-0.2, 0) is 9.53 Å². The fraction of sp³-hybridized carbons (Fsp3) is 0.455. The van der Waals surface area contributed by atoms with Crippen LogP contribution in [0.25, 0.3) is 0 Å². The molecule has 0 saturated carbocycles. The van der Waals surface area contributed by atoms with Crippen LogP contribution in [0.3, 0.4) is 0 Å². The van der Waals surface area contributed by atoms with E-state index in [4.69, 9.17) is 0 Å². The standard InChI is InChI=1S/C9H12N2O2.C2H6/c1-7-3-4-10-8(5-7)11-9(12)6-13-2;1-2/h3-5H,6H2,1-2H3,(H,10,11,12);1-2H3. The summed E-state index contributed by atoms with van der Waals surface area (Å²) in [6.07, 6.45) is 1.65. The van der Waals surface area contributed by atoms with E-state index >= 15 is 0 Å². The number of nitrogens with one attached hydrogen (secondary N) is 1. The molecule has 0 saturated heterocycles. The lowest BCUT2D eigenvalue weighted by molar-refractivity contribution is -0.119. The van der Waals surface area contributed by atoms with E-state index in [1.165, 1.54) is 7.11 Å². The lowest BCUT2D eigenvalue weighted by Crippen LogP contribution is -2.17. The average molecular weight is 210 g/mol. The number of aryl methyl sites for hydroxylation is 1. The molecule has 1 rings (SSSR count). The molecule has 0 radical (unpaired) electrons. The Morgan fingerprint density at radius 3 is 2.73 bits per heavy atom. The Morgan fingerprint density at radius 2 is 2.20 bits per heavy atom. The minimum Gasteiger partial charge on any atom is -0.375 e. The van der Waals surface area contributed by atoms with Gasteiger partial charge in [-0.05, 0) is 24.6 Å². The molecular weight excluding hydrogens is 192 g/mol. The molecule has 1 aromatic rings. The SMILES string of the molecule is CC.COCC(=O)Nc1cc(C)ccn1. The van der Waals surface area contributed by atoms with Crippen LogP contribution in [0, 0.1) is 6.92 Å². The predicted octanol–water partition coefficient (Wildman–Crippen LogP) is 2.00. The highest BCUT2D eigenvalue weighted by atomic mass is 16.5. The summed E-state index contributed by atoms with van der Waals surface area (Å²) in [7, 11) is 1.48. The summed E-state index contributed by atoms with van der Waals surface area (Å²) >= 11 is 0. The maximum Gasteiger partial charge on any atom is 0.251 e. The number of rotatable bonds is 3. The van der Waals surface area contributed by atoms with Crippen LogP contribution in [0.15, 0.2) is 18.3 Å². The van der Waals surface area contributed by atoms with Crippen molar-refractivity contribution in [3.63, 3.8) is 0 Å². The molecule has 0 aromatic carbocycles. The van der Waals surface area contributed by atoms with Gasteiger partial charge in [-0.3, -0.25) is 4.79 Å². The molecule has 0 bridgehead atoms. The summed E-state index contributed by atoms with van der Waals surface area (Å²) < 4.78 is 4.67. The molecule has 1 aromatic heterocycles. The second kappa shape index (κ2) is 7.94. The van der Waals surface area contributed by atoms with Gasteiger partial charge >= 0.3 is 0 Å². The number of carbonyl (C=O) groups excluding carboxylic acids is 1. The van der Waals surface area contributed by atoms with E-state index in [-0.39, 0.29) is 12.5 Å². The van der Waals surface area contributed by atoms with Crippen LogP contribution in [0.4, 0.5) is 5.82 Å². The first kappa shape index (κ1) is 13.6. The molecule has 84 valence electrons. The van der Waals surface area contributed by atoms with E-state index in [2.05, 4.69) is 15.0 Å². The Morgan fingerprint density at radius 1 is 1.53 bits per heavy atom. The highest BCUT2D eigenvalue weighted by molar-refractivity contribution is 5.90. The largest absolute Gasteiger partial charge is 0.375 e. The number of pyridine rings is 1. The van der Waals surface area contributed by atoms with Gasteiger partial charge in [0.25, 0.3) is 5.91 Å². The van der Waals surface area contributed by atoms with Gasteiger partial charge in [-0.25, -0.2) is 4.98 Å². The highest BCUT2D eigenvalue weighted by Gasteiger charge is 2.01. The van der Waals surface area contributed by atoms with Gasteiger partial charge in [0.05, 0.1) is 0 Å². The van der Waals surface area contributed by atoms with E-state index in [9.17, 15) is 4.79 Å². The van der Waals surface area contributed by atoms with Crippen molar-refractivity contribution in [3.8, 4) is 0 Å². The summed E-state index contributed by atoms with van der Waals surface area (Å²) in [5.74, 6) is 0.364. The van der Waals surface area contributed by atoms with E-state index in [1.54, 1.807) is 12.3 Å². The minimum atomic E-state index is -0.194. The number of amides is 1. The zero-order valence-corrected chi connectivity index (χ0v) is 9.70. The lowest BCUT2D eigenvalue weighted by atomic mass is 10.3. The van der Waals surface area contributed by atoms with Crippen molar-refractivity contribution in [2.75, 3.05) is 19.0 Å². The van der Waals surface area contributed by atoms with Crippen molar-refractivity contribution in [1.29, 1.82) is 0 Å². The number of nitrogens with zero attached hydrogens (tertiary/aromatic N) is 1. The monoisotopic (exact) mass is 210 g/mol. The highest BCUT2D eigenvalue weighted by Crippen LogP contribution is 2.04. The fourth-order valence-corrected chi connectivity index (χ4v) is 0.915. The van der Waals surface area contributed by atoms with E-state index < -0.39 is 0 Å². The lowest BCUT2D eigenvalue weighted by Gasteiger charge is -2.03. The average Bonchev–Trinajstić information content (AvgIpc) is 2.21. The van der Waals surface area contributed by atoms with Crippen LogP contribution in [-0.4, -0.2) is 24.6 Å². The van der Waals surface area contributed by atoms with Gasteiger partial charge in [0.1, 0.15) is 12.4 Å². The predicted molar refractivity (Wildman–Crippen MR) is 60.8 cm³/mol. The van der Waals surface area contributed by atoms with Crippen molar-refractivity contribution in [3.05, 3.63) is 23.9 Å². The smallest absolute Gasteiger partial charge is 0.251 e. The summed E-state index contributed by atoms with van der Waals surface area (Å²) in [6.45, 7) is 5.99. The third kappa shape index (κ3) is 5.80. The van der Waals surface area contributed by atoms with Crippen molar-refractivity contribution in [2.45, 2.75) is 20.8 Å². The molecule has 0 aliphatic carbocycles. The number of methoxy groups -OCH3 is 1. The molecule has 0 unspecified atom stereocenters. The molecule has 4 nitrogen and oxygen atoms in total. The van der Waals surface area contributed by atoms with Gasteiger partial charge in [0.2, 0.25) is 0 Å². The second-order valence-corrected chi connectivity index (χ2v) is 2.70. The molecule has 1 heterocycles. The van der Waals surface area contributed by atoms with Crippen molar-refractivity contribution in [1.82, 2.24) is 4.98 Å². The Bertz CT molecular complexity index is 300. The molecule has 1 N–H and O–H groups in total. The van der Waals surface area contributed by atoms with Gasteiger partial charge in [-0.2, -0.15) is 0 Å². The summed E-state index contributed by atoms with van der Waals surface area (Å²) in [4.78, 5) is 15.0. The molecule has 0 aliphatic heterocycles. The number of ether oxygens (including phenoxy) is 1. The van der Waals surface area contributed by atoms with Gasteiger partial charge in [0, 0.05) is 13.3 Å².